The molecule has 0 spiro atoms. The van der Waals surface area contributed by atoms with E-state index in [1.54, 1.807) is 0 Å². The van der Waals surface area contributed by atoms with E-state index in [-0.39, 0.29) is 0 Å². The fraction of sp³-hybridized carbons (Fsp3) is 0.500. The third-order valence-corrected chi connectivity index (χ3v) is 1.03. The van der Waals surface area contributed by atoms with Crippen LogP contribution in [-0.4, -0.2) is 55.7 Å². The zero-order valence-electron chi connectivity index (χ0n) is 8.77. The SMILES string of the molecule is O=C(O)OOC(O)(OO)OC(OO)(OO)OOC(=O)O. The minimum Gasteiger partial charge on any atom is -0.448 e. The fourth-order valence-electron chi connectivity index (χ4n) is 0.485. The molecule has 0 aliphatic rings. The highest BCUT2D eigenvalue weighted by atomic mass is 17.5. The Labute approximate surface area is 105 Å². The summed E-state index contributed by atoms with van der Waals surface area (Å²) in [5, 5.41) is 49.8. The average Bonchev–Trinajstić information content (AvgIpc) is 2.41. The van der Waals surface area contributed by atoms with E-state index >= 15 is 0 Å². The predicted molar refractivity (Wildman–Crippen MR) is 40.3 cm³/mol. The van der Waals surface area contributed by atoms with Gasteiger partial charge >= 0.3 is 24.6 Å². The number of hydrogen-bond acceptors (Lipinski definition) is 14. The van der Waals surface area contributed by atoms with Crippen molar-refractivity contribution in [3.63, 3.8) is 0 Å². The summed E-state index contributed by atoms with van der Waals surface area (Å²) in [7, 11) is 0. The van der Waals surface area contributed by atoms with Gasteiger partial charge in [-0.25, -0.2) is 30.1 Å². The van der Waals surface area contributed by atoms with Crippen LogP contribution in [0.2, 0.25) is 0 Å². The first kappa shape index (κ1) is 18.1. The van der Waals surface area contributed by atoms with Crippen molar-refractivity contribution in [2.24, 2.45) is 0 Å². The summed E-state index contributed by atoms with van der Waals surface area (Å²) >= 11 is 0. The largest absolute Gasteiger partial charge is 0.538 e. The van der Waals surface area contributed by atoms with Gasteiger partial charge in [0.05, 0.1) is 0 Å². The van der Waals surface area contributed by atoms with Gasteiger partial charge in [-0.1, -0.05) is 9.78 Å². The van der Waals surface area contributed by atoms with Crippen LogP contribution in [0.15, 0.2) is 0 Å². The predicted octanol–water partition coefficient (Wildman–Crippen LogP) is -1.06. The Hall–Kier alpha value is -1.86. The van der Waals surface area contributed by atoms with Crippen LogP contribution in [0.1, 0.15) is 0 Å². The highest BCUT2D eigenvalue weighted by Gasteiger charge is 2.53. The molecule has 16 nitrogen and oxygen atoms in total. The lowest BCUT2D eigenvalue weighted by atomic mass is 11.0. The second-order valence-electron chi connectivity index (χ2n) is 2.26. The smallest absolute Gasteiger partial charge is 0.448 e. The van der Waals surface area contributed by atoms with Crippen LogP contribution in [0.5, 0.6) is 0 Å². The van der Waals surface area contributed by atoms with E-state index in [1.165, 1.54) is 0 Å². The van der Waals surface area contributed by atoms with Crippen molar-refractivity contribution in [3.05, 3.63) is 0 Å². The number of rotatable bonds is 9. The molecule has 0 saturated carbocycles. The molecular weight excluding hydrogens is 304 g/mol. The highest BCUT2D eigenvalue weighted by Crippen LogP contribution is 2.24. The van der Waals surface area contributed by atoms with E-state index in [9.17, 15) is 9.59 Å². The molecule has 16 heteroatoms. The first-order chi connectivity index (χ1) is 9.22. The van der Waals surface area contributed by atoms with E-state index in [0.29, 0.717) is 0 Å². The molecule has 0 heterocycles. The molecule has 0 saturated heterocycles. The van der Waals surface area contributed by atoms with Gasteiger partial charge in [0, 0.05) is 0 Å². The molecule has 118 valence electrons. The molecule has 0 fully saturated rings. The number of carboxylic acid groups (broad SMARTS) is 2. The van der Waals surface area contributed by atoms with Crippen molar-refractivity contribution < 1.29 is 79.6 Å². The molecule has 0 aromatic rings. The van der Waals surface area contributed by atoms with Gasteiger partial charge in [0.15, 0.2) is 0 Å². The summed E-state index contributed by atoms with van der Waals surface area (Å²) in [4.78, 5) is 42.5. The summed E-state index contributed by atoms with van der Waals surface area (Å²) in [5.41, 5.74) is 0. The molecular formula is C4H6O16. The van der Waals surface area contributed by atoms with Crippen LogP contribution in [0.25, 0.3) is 0 Å². The normalized spacial score (nSPS) is 14.4. The molecule has 0 amide bonds. The topological polar surface area (TPSA) is 229 Å². The molecule has 0 aromatic heterocycles. The molecule has 6 N–H and O–H groups in total. The third-order valence-electron chi connectivity index (χ3n) is 1.03. The van der Waals surface area contributed by atoms with Gasteiger partial charge in [-0.05, 0) is 0 Å². The first-order valence-corrected chi connectivity index (χ1v) is 3.80. The summed E-state index contributed by atoms with van der Waals surface area (Å²) in [6.45, 7) is 0. The molecule has 0 aliphatic heterocycles. The molecule has 1 unspecified atom stereocenters. The second-order valence-corrected chi connectivity index (χ2v) is 2.26. The lowest BCUT2D eigenvalue weighted by Gasteiger charge is -2.28. The van der Waals surface area contributed by atoms with Crippen molar-refractivity contribution in [2.45, 2.75) is 12.3 Å². The third kappa shape index (κ3) is 5.85. The Kier molecular flexibility index (Phi) is 6.95. The Morgan fingerprint density at radius 3 is 1.60 bits per heavy atom. The number of aliphatic hydroxyl groups is 1. The van der Waals surface area contributed by atoms with Gasteiger partial charge in [-0.3, -0.25) is 9.78 Å². The average molecular weight is 310 g/mol. The molecule has 20 heavy (non-hydrogen) atoms. The maximum Gasteiger partial charge on any atom is 0.538 e. The minimum absolute atomic E-state index is 2.19. The van der Waals surface area contributed by atoms with Crippen molar-refractivity contribution in [3.8, 4) is 0 Å². The summed E-state index contributed by atoms with van der Waals surface area (Å²) in [5.74, 6) is 0. The zero-order valence-corrected chi connectivity index (χ0v) is 8.77. The maximum atomic E-state index is 9.97. The van der Waals surface area contributed by atoms with Crippen LogP contribution in [0, 0.1) is 0 Å². The molecule has 1 atom stereocenters. The van der Waals surface area contributed by atoms with Gasteiger partial charge in [-0.15, -0.1) is 14.7 Å². The Morgan fingerprint density at radius 2 is 1.25 bits per heavy atom. The Balaban J connectivity index is 4.89. The standard InChI is InChI=1S/C4H6O16/c5-1(6)13-19-3(9,16-10)15-4(17-11,18-12)20-14-2(7)8/h9-12H,(H,5,6)(H,7,8). The van der Waals surface area contributed by atoms with Gasteiger partial charge in [0.1, 0.15) is 0 Å². The van der Waals surface area contributed by atoms with Crippen LogP contribution in [0.4, 0.5) is 9.59 Å². The van der Waals surface area contributed by atoms with E-state index < -0.39 is 24.6 Å². The first-order valence-electron chi connectivity index (χ1n) is 3.80. The quantitative estimate of drug-likeness (QED) is 0.169. The molecule has 0 radical (unpaired) electrons. The minimum atomic E-state index is -3.97. The number of ether oxygens (including phenoxy) is 1. The van der Waals surface area contributed by atoms with Crippen LogP contribution < -0.4 is 0 Å². The van der Waals surface area contributed by atoms with E-state index in [4.69, 9.17) is 31.1 Å². The summed E-state index contributed by atoms with van der Waals surface area (Å²) < 4.78 is 3.69. The fourth-order valence-corrected chi connectivity index (χ4v) is 0.485. The van der Waals surface area contributed by atoms with E-state index in [1.807, 2.05) is 0 Å². The monoisotopic (exact) mass is 310 g/mol. The summed E-state index contributed by atoms with van der Waals surface area (Å²) in [6, 6.07) is 0. The molecule has 0 aliphatic carbocycles. The lowest BCUT2D eigenvalue weighted by Crippen LogP contribution is -2.52. The van der Waals surface area contributed by atoms with Crippen molar-refractivity contribution in [1.29, 1.82) is 0 Å². The van der Waals surface area contributed by atoms with Crippen LogP contribution >= 0.6 is 0 Å². The lowest BCUT2D eigenvalue weighted by molar-refractivity contribution is -0.750. The zero-order chi connectivity index (χ0) is 15.8. The second kappa shape index (κ2) is 7.66. The van der Waals surface area contributed by atoms with Crippen molar-refractivity contribution in [2.75, 3.05) is 0 Å². The molecule has 0 aromatic carbocycles. The molecule has 0 bridgehead atoms. The van der Waals surface area contributed by atoms with Gasteiger partial charge in [0.25, 0.3) is 0 Å². The van der Waals surface area contributed by atoms with Gasteiger partial charge in [-0.2, -0.15) is 0 Å². The summed E-state index contributed by atoms with van der Waals surface area (Å²) in [6.07, 6.45) is -12.2. The Morgan fingerprint density at radius 1 is 0.800 bits per heavy atom. The molecule has 0 rings (SSSR count). The van der Waals surface area contributed by atoms with Gasteiger partial charge in [0.2, 0.25) is 0 Å². The number of carbonyl (C=O) groups is 2. The van der Waals surface area contributed by atoms with Crippen LogP contribution in [0.3, 0.4) is 0 Å². The highest BCUT2D eigenvalue weighted by molar-refractivity contribution is 5.56. The maximum absolute atomic E-state index is 9.97. The van der Waals surface area contributed by atoms with E-state index in [0.717, 1.165) is 0 Å². The number of hydrogen-bond donors (Lipinski definition) is 6. The van der Waals surface area contributed by atoms with Crippen molar-refractivity contribution in [1.82, 2.24) is 0 Å². The Bertz CT molecular complexity index is 320. The van der Waals surface area contributed by atoms with Crippen molar-refractivity contribution >= 4 is 12.3 Å². The van der Waals surface area contributed by atoms with Gasteiger partial charge < -0.3 is 15.3 Å². The van der Waals surface area contributed by atoms with Crippen LogP contribution in [-0.2, 0) is 38.9 Å². The van der Waals surface area contributed by atoms with E-state index in [2.05, 4.69) is 38.9 Å².